The van der Waals surface area contributed by atoms with Crippen molar-refractivity contribution in [2.75, 3.05) is 12.8 Å². The van der Waals surface area contributed by atoms with Crippen molar-refractivity contribution < 1.29 is 13.2 Å². The third kappa shape index (κ3) is 4.16. The van der Waals surface area contributed by atoms with Crippen LogP contribution in [-0.4, -0.2) is 27.1 Å². The molecule has 1 heterocycles. The molecule has 27 heavy (non-hydrogen) atoms. The van der Waals surface area contributed by atoms with E-state index in [1.165, 1.54) is 13.1 Å². The Labute approximate surface area is 168 Å². The molecule has 5 nitrogen and oxygen atoms in total. The molecule has 0 saturated carbocycles. The average molecular weight is 425 g/mol. The lowest BCUT2D eigenvalue weighted by atomic mass is 10.0. The second-order valence-electron chi connectivity index (χ2n) is 6.47. The molecule has 0 aromatic heterocycles. The number of hydrogen-bond donors (Lipinski definition) is 2. The summed E-state index contributed by atoms with van der Waals surface area (Å²) < 4.78 is 26.9. The molecule has 1 aliphatic heterocycles. The summed E-state index contributed by atoms with van der Waals surface area (Å²) >= 11 is 7.86. The topological polar surface area (TPSA) is 75.3 Å². The summed E-state index contributed by atoms with van der Waals surface area (Å²) in [4.78, 5) is 14.1. The molecular weight excluding hydrogens is 404 g/mol. The van der Waals surface area contributed by atoms with Crippen molar-refractivity contribution in [3.8, 4) is 0 Å². The van der Waals surface area contributed by atoms with Crippen LogP contribution in [0, 0.1) is 13.8 Å². The Morgan fingerprint density at radius 1 is 1.22 bits per heavy atom. The molecule has 1 unspecified atom stereocenters. The smallest absolute Gasteiger partial charge is 0.251 e. The highest BCUT2D eigenvalue weighted by atomic mass is 35.5. The van der Waals surface area contributed by atoms with Gasteiger partial charge in [0.2, 0.25) is 10.0 Å². The minimum atomic E-state index is -3.65. The molecule has 8 heteroatoms. The number of thioether (sulfide) groups is 1. The molecule has 0 bridgehead atoms. The second kappa shape index (κ2) is 7.83. The molecule has 0 spiro atoms. The lowest BCUT2D eigenvalue weighted by molar-refractivity contribution is 0.0934. The SMILES string of the molecule is CNS(=O)(=O)c1cc(C(=O)NC2CCSc3ccc(Cl)cc32)cc(C)c1C. The molecule has 3 rings (SSSR count). The van der Waals surface area contributed by atoms with Crippen LogP contribution in [0.5, 0.6) is 0 Å². The van der Waals surface area contributed by atoms with Gasteiger partial charge in [-0.2, -0.15) is 0 Å². The standard InChI is InChI=1S/C19H21ClN2O3S2/c1-11-8-13(9-18(12(11)2)27(24,25)21-3)19(23)22-16-6-7-26-17-5-4-14(20)10-15(16)17/h4-5,8-10,16,21H,6-7H2,1-3H3,(H,22,23). The first kappa shape index (κ1) is 20.2. The fraction of sp³-hybridized carbons (Fsp3) is 0.316. The number of halogens is 1. The van der Waals surface area contributed by atoms with Crippen molar-refractivity contribution in [1.82, 2.24) is 10.0 Å². The predicted octanol–water partition coefficient (Wildman–Crippen LogP) is 3.83. The average Bonchev–Trinajstić information content (AvgIpc) is 2.64. The number of amides is 1. The van der Waals surface area contributed by atoms with Crippen LogP contribution in [0.1, 0.15) is 39.5 Å². The third-order valence-electron chi connectivity index (χ3n) is 4.76. The van der Waals surface area contributed by atoms with E-state index < -0.39 is 10.0 Å². The van der Waals surface area contributed by atoms with Crippen LogP contribution in [-0.2, 0) is 10.0 Å². The number of nitrogens with one attached hydrogen (secondary N) is 2. The summed E-state index contributed by atoms with van der Waals surface area (Å²) in [6, 6.07) is 8.68. The van der Waals surface area contributed by atoms with Crippen molar-refractivity contribution in [3.63, 3.8) is 0 Å². The molecule has 0 fully saturated rings. The Morgan fingerprint density at radius 2 is 1.96 bits per heavy atom. The molecule has 0 radical (unpaired) electrons. The maximum absolute atomic E-state index is 12.9. The van der Waals surface area contributed by atoms with E-state index in [2.05, 4.69) is 10.0 Å². The number of aryl methyl sites for hydroxylation is 1. The van der Waals surface area contributed by atoms with E-state index in [0.29, 0.717) is 16.1 Å². The van der Waals surface area contributed by atoms with Gasteiger partial charge in [-0.15, -0.1) is 11.8 Å². The summed E-state index contributed by atoms with van der Waals surface area (Å²) in [6.07, 6.45) is 0.788. The molecule has 0 aliphatic carbocycles. The molecule has 1 aliphatic rings. The Bertz CT molecular complexity index is 1010. The first-order valence-corrected chi connectivity index (χ1v) is 11.4. The quantitative estimate of drug-likeness (QED) is 0.782. The van der Waals surface area contributed by atoms with E-state index in [1.54, 1.807) is 31.7 Å². The van der Waals surface area contributed by atoms with Crippen LogP contribution in [0.15, 0.2) is 40.1 Å². The largest absolute Gasteiger partial charge is 0.345 e. The molecule has 2 N–H and O–H groups in total. The number of rotatable bonds is 4. The summed E-state index contributed by atoms with van der Waals surface area (Å²) in [7, 11) is -2.29. The number of sulfonamides is 1. The first-order valence-electron chi connectivity index (χ1n) is 8.51. The normalized spacial score (nSPS) is 16.7. The van der Waals surface area contributed by atoms with Crippen LogP contribution in [0.2, 0.25) is 5.02 Å². The Balaban J connectivity index is 1.94. The number of fused-ring (bicyclic) bond motifs is 1. The van der Waals surface area contributed by atoms with Crippen LogP contribution in [0.4, 0.5) is 0 Å². The molecule has 144 valence electrons. The van der Waals surface area contributed by atoms with Gasteiger partial charge in [-0.05, 0) is 74.3 Å². The second-order valence-corrected chi connectivity index (χ2v) is 9.90. The minimum Gasteiger partial charge on any atom is -0.345 e. The molecular formula is C19H21ClN2O3S2. The lowest BCUT2D eigenvalue weighted by Gasteiger charge is -2.26. The van der Waals surface area contributed by atoms with Crippen molar-refractivity contribution >= 4 is 39.3 Å². The van der Waals surface area contributed by atoms with Crippen molar-refractivity contribution in [2.45, 2.75) is 36.1 Å². The highest BCUT2D eigenvalue weighted by molar-refractivity contribution is 7.99. The van der Waals surface area contributed by atoms with Gasteiger partial charge in [0.1, 0.15) is 0 Å². The number of carbonyl (C=O) groups excluding carboxylic acids is 1. The van der Waals surface area contributed by atoms with Crippen LogP contribution in [0.3, 0.4) is 0 Å². The van der Waals surface area contributed by atoms with Crippen LogP contribution >= 0.6 is 23.4 Å². The van der Waals surface area contributed by atoms with E-state index in [9.17, 15) is 13.2 Å². The third-order valence-corrected chi connectivity index (χ3v) is 7.66. The van der Waals surface area contributed by atoms with Gasteiger partial charge in [-0.3, -0.25) is 4.79 Å². The van der Waals surface area contributed by atoms with Gasteiger partial charge in [-0.25, -0.2) is 13.1 Å². The molecule has 0 saturated heterocycles. The first-order chi connectivity index (χ1) is 12.7. The predicted molar refractivity (Wildman–Crippen MR) is 109 cm³/mol. The van der Waals surface area contributed by atoms with Gasteiger partial charge in [0.15, 0.2) is 0 Å². The highest BCUT2D eigenvalue weighted by Crippen LogP contribution is 2.37. The van der Waals surface area contributed by atoms with Gasteiger partial charge < -0.3 is 5.32 Å². The minimum absolute atomic E-state index is 0.123. The van der Waals surface area contributed by atoms with Crippen molar-refractivity contribution in [2.24, 2.45) is 0 Å². The summed E-state index contributed by atoms with van der Waals surface area (Å²) in [5.74, 6) is 0.597. The molecule has 1 atom stereocenters. The Kier molecular flexibility index (Phi) is 5.86. The monoisotopic (exact) mass is 424 g/mol. The number of carbonyl (C=O) groups is 1. The number of benzene rings is 2. The van der Waals surface area contributed by atoms with E-state index in [4.69, 9.17) is 11.6 Å². The zero-order valence-electron chi connectivity index (χ0n) is 15.3. The van der Waals surface area contributed by atoms with Gasteiger partial charge >= 0.3 is 0 Å². The van der Waals surface area contributed by atoms with Gasteiger partial charge in [0, 0.05) is 21.2 Å². The maximum atomic E-state index is 12.9. The fourth-order valence-corrected chi connectivity index (χ4v) is 5.46. The number of hydrogen-bond acceptors (Lipinski definition) is 4. The van der Waals surface area contributed by atoms with Crippen molar-refractivity contribution in [3.05, 3.63) is 57.6 Å². The van der Waals surface area contributed by atoms with E-state index in [1.807, 2.05) is 18.2 Å². The van der Waals surface area contributed by atoms with E-state index in [-0.39, 0.29) is 16.8 Å². The van der Waals surface area contributed by atoms with Crippen LogP contribution in [0.25, 0.3) is 0 Å². The molecule has 2 aromatic carbocycles. The summed E-state index contributed by atoms with van der Waals surface area (Å²) in [5, 5.41) is 3.66. The van der Waals surface area contributed by atoms with Crippen LogP contribution < -0.4 is 10.0 Å². The zero-order chi connectivity index (χ0) is 19.8. The van der Waals surface area contributed by atoms with Crippen molar-refractivity contribution in [1.29, 1.82) is 0 Å². The van der Waals surface area contributed by atoms with Gasteiger partial charge in [-0.1, -0.05) is 11.6 Å². The zero-order valence-corrected chi connectivity index (χ0v) is 17.7. The van der Waals surface area contributed by atoms with Gasteiger partial charge in [0.25, 0.3) is 5.91 Å². The van der Waals surface area contributed by atoms with Gasteiger partial charge in [0.05, 0.1) is 10.9 Å². The highest BCUT2D eigenvalue weighted by Gasteiger charge is 2.25. The molecule has 1 amide bonds. The summed E-state index contributed by atoms with van der Waals surface area (Å²) in [6.45, 7) is 3.53. The Morgan fingerprint density at radius 3 is 2.67 bits per heavy atom. The van der Waals surface area contributed by atoms with E-state index >= 15 is 0 Å². The summed E-state index contributed by atoms with van der Waals surface area (Å²) in [5.41, 5.74) is 2.71. The molecule has 2 aromatic rings. The lowest BCUT2D eigenvalue weighted by Crippen LogP contribution is -2.31. The maximum Gasteiger partial charge on any atom is 0.251 e. The van der Waals surface area contributed by atoms with E-state index in [0.717, 1.165) is 28.2 Å². The Hall–Kier alpha value is -1.54. The fourth-order valence-electron chi connectivity index (χ4n) is 3.10.